The highest BCUT2D eigenvalue weighted by Crippen LogP contribution is 2.48. The zero-order valence-electron chi connectivity index (χ0n) is 10.2. The molecule has 2 N–H and O–H groups in total. The predicted molar refractivity (Wildman–Crippen MR) is 63.3 cm³/mol. The van der Waals surface area contributed by atoms with Crippen molar-refractivity contribution in [3.63, 3.8) is 0 Å². The third kappa shape index (κ3) is 3.37. The van der Waals surface area contributed by atoms with Gasteiger partial charge < -0.3 is 10.4 Å². The van der Waals surface area contributed by atoms with Gasteiger partial charge >= 0.3 is 6.18 Å². The molecule has 1 saturated carbocycles. The van der Waals surface area contributed by atoms with Crippen LogP contribution in [0, 0.1) is 11.2 Å². The number of rotatable bonds is 5. The first kappa shape index (κ1) is 14.1. The van der Waals surface area contributed by atoms with Gasteiger partial charge in [0, 0.05) is 13.2 Å². The molecule has 0 aromatic heterocycles. The Kier molecular flexibility index (Phi) is 3.71. The monoisotopic (exact) mass is 277 g/mol. The third-order valence-corrected chi connectivity index (χ3v) is 3.55. The fourth-order valence-corrected chi connectivity index (χ4v) is 2.05. The van der Waals surface area contributed by atoms with Crippen molar-refractivity contribution in [1.82, 2.24) is 0 Å². The van der Waals surface area contributed by atoms with Gasteiger partial charge in [0.25, 0.3) is 0 Å². The second-order valence-electron chi connectivity index (χ2n) is 5.02. The summed E-state index contributed by atoms with van der Waals surface area (Å²) in [5, 5.41) is 11.7. The fourth-order valence-electron chi connectivity index (χ4n) is 2.05. The molecule has 19 heavy (non-hydrogen) atoms. The normalized spacial score (nSPS) is 17.3. The molecular formula is C13H15F4NO. The van der Waals surface area contributed by atoms with E-state index in [0.29, 0.717) is 19.0 Å². The van der Waals surface area contributed by atoms with Gasteiger partial charge in [-0.3, -0.25) is 0 Å². The van der Waals surface area contributed by atoms with Crippen LogP contribution in [0.15, 0.2) is 18.2 Å². The molecule has 0 radical (unpaired) electrons. The highest BCUT2D eigenvalue weighted by molar-refractivity contribution is 5.47. The van der Waals surface area contributed by atoms with E-state index in [4.69, 9.17) is 5.11 Å². The maximum Gasteiger partial charge on any atom is 0.416 e. The minimum atomic E-state index is -4.53. The van der Waals surface area contributed by atoms with Crippen molar-refractivity contribution in [3.8, 4) is 0 Å². The lowest BCUT2D eigenvalue weighted by Gasteiger charge is -2.16. The Morgan fingerprint density at radius 3 is 2.42 bits per heavy atom. The molecule has 1 aliphatic carbocycles. The average molecular weight is 277 g/mol. The van der Waals surface area contributed by atoms with Crippen LogP contribution in [0.4, 0.5) is 23.2 Å². The van der Waals surface area contributed by atoms with E-state index in [1.165, 1.54) is 0 Å². The van der Waals surface area contributed by atoms with Gasteiger partial charge in [-0.15, -0.1) is 0 Å². The molecule has 2 rings (SSSR count). The maximum atomic E-state index is 13.6. The molecule has 0 aliphatic heterocycles. The first-order valence-electron chi connectivity index (χ1n) is 6.08. The van der Waals surface area contributed by atoms with Crippen LogP contribution in [-0.4, -0.2) is 18.3 Å². The van der Waals surface area contributed by atoms with E-state index in [0.717, 1.165) is 25.0 Å². The summed E-state index contributed by atoms with van der Waals surface area (Å²) in [4.78, 5) is 0. The van der Waals surface area contributed by atoms with Crippen LogP contribution >= 0.6 is 0 Å². The van der Waals surface area contributed by atoms with E-state index < -0.39 is 17.6 Å². The van der Waals surface area contributed by atoms with Gasteiger partial charge in [0.2, 0.25) is 0 Å². The average Bonchev–Trinajstić information content (AvgIpc) is 3.07. The summed E-state index contributed by atoms with van der Waals surface area (Å²) >= 11 is 0. The van der Waals surface area contributed by atoms with Gasteiger partial charge in [0.15, 0.2) is 0 Å². The number of benzene rings is 1. The Morgan fingerprint density at radius 1 is 1.26 bits per heavy atom. The van der Waals surface area contributed by atoms with E-state index >= 15 is 0 Å². The summed E-state index contributed by atoms with van der Waals surface area (Å²) in [7, 11) is 0. The SMILES string of the molecule is OCCC1(CNc2ccc(C(F)(F)F)cc2F)CC1. The Morgan fingerprint density at radius 2 is 1.95 bits per heavy atom. The lowest BCUT2D eigenvalue weighted by molar-refractivity contribution is -0.137. The molecule has 0 unspecified atom stereocenters. The molecule has 1 aromatic carbocycles. The Hall–Kier alpha value is -1.30. The molecule has 106 valence electrons. The quantitative estimate of drug-likeness (QED) is 0.808. The number of hydrogen-bond acceptors (Lipinski definition) is 2. The van der Waals surface area contributed by atoms with E-state index in [1.807, 2.05) is 0 Å². The maximum absolute atomic E-state index is 13.6. The smallest absolute Gasteiger partial charge is 0.396 e. The summed E-state index contributed by atoms with van der Waals surface area (Å²) in [5.74, 6) is -0.908. The molecular weight excluding hydrogens is 262 g/mol. The number of halogens is 4. The van der Waals surface area contributed by atoms with Gasteiger partial charge in [0.05, 0.1) is 11.3 Å². The van der Waals surface area contributed by atoms with Gasteiger partial charge in [0.1, 0.15) is 5.82 Å². The van der Waals surface area contributed by atoms with Gasteiger partial charge in [-0.25, -0.2) is 4.39 Å². The molecule has 0 amide bonds. The van der Waals surface area contributed by atoms with Crippen molar-refractivity contribution in [2.75, 3.05) is 18.5 Å². The van der Waals surface area contributed by atoms with E-state index in [1.54, 1.807) is 0 Å². The molecule has 0 bridgehead atoms. The Balaban J connectivity index is 2.02. The Bertz CT molecular complexity index is 454. The van der Waals surface area contributed by atoms with Crippen LogP contribution in [0.25, 0.3) is 0 Å². The third-order valence-electron chi connectivity index (χ3n) is 3.55. The molecule has 0 heterocycles. The number of aliphatic hydroxyl groups is 1. The summed E-state index contributed by atoms with van der Waals surface area (Å²) in [6, 6.07) is 2.46. The van der Waals surface area contributed by atoms with E-state index in [2.05, 4.69) is 5.32 Å². The van der Waals surface area contributed by atoms with Crippen LogP contribution in [0.2, 0.25) is 0 Å². The number of anilines is 1. The zero-order chi connectivity index (χ0) is 14.1. The van der Waals surface area contributed by atoms with Crippen LogP contribution in [0.1, 0.15) is 24.8 Å². The topological polar surface area (TPSA) is 32.3 Å². The molecule has 0 spiro atoms. The van der Waals surface area contributed by atoms with E-state index in [-0.39, 0.29) is 17.7 Å². The van der Waals surface area contributed by atoms with Crippen molar-refractivity contribution in [3.05, 3.63) is 29.6 Å². The number of alkyl halides is 3. The minimum absolute atomic E-state index is 0.0239. The largest absolute Gasteiger partial charge is 0.416 e. The number of nitrogens with one attached hydrogen (secondary N) is 1. The highest BCUT2D eigenvalue weighted by Gasteiger charge is 2.41. The standard InChI is InChI=1S/C13H15F4NO/c14-10-7-9(13(15,16)17)1-2-11(10)18-8-12(3-4-12)5-6-19/h1-2,7,18-19H,3-6,8H2. The van der Waals surface area contributed by atoms with Gasteiger partial charge in [-0.2, -0.15) is 13.2 Å². The van der Waals surface area contributed by atoms with Gasteiger partial charge in [-0.05, 0) is 42.9 Å². The first-order chi connectivity index (χ1) is 8.86. The van der Waals surface area contributed by atoms with Crippen LogP contribution in [-0.2, 0) is 6.18 Å². The molecule has 1 aromatic rings. The number of aliphatic hydroxyl groups excluding tert-OH is 1. The number of hydrogen-bond donors (Lipinski definition) is 2. The molecule has 0 atom stereocenters. The zero-order valence-corrected chi connectivity index (χ0v) is 10.2. The first-order valence-corrected chi connectivity index (χ1v) is 6.08. The van der Waals surface area contributed by atoms with Crippen LogP contribution < -0.4 is 5.32 Å². The van der Waals surface area contributed by atoms with Crippen molar-refractivity contribution in [2.45, 2.75) is 25.4 Å². The Labute approximate surface area is 108 Å². The molecule has 1 aliphatic rings. The molecule has 1 fully saturated rings. The second-order valence-corrected chi connectivity index (χ2v) is 5.02. The van der Waals surface area contributed by atoms with Crippen LogP contribution in [0.5, 0.6) is 0 Å². The summed E-state index contributed by atoms with van der Waals surface area (Å²) in [6.45, 7) is 0.535. The lowest BCUT2D eigenvalue weighted by atomic mass is 10.0. The molecule has 6 heteroatoms. The summed E-state index contributed by atoms with van der Waals surface area (Å²) in [5.41, 5.74) is -0.951. The van der Waals surface area contributed by atoms with Crippen molar-refractivity contribution >= 4 is 5.69 Å². The summed E-state index contributed by atoms with van der Waals surface area (Å²) < 4.78 is 50.7. The fraction of sp³-hybridized carbons (Fsp3) is 0.538. The second kappa shape index (κ2) is 5.00. The lowest BCUT2D eigenvalue weighted by Crippen LogP contribution is -2.17. The van der Waals surface area contributed by atoms with Crippen molar-refractivity contribution < 1.29 is 22.7 Å². The summed E-state index contributed by atoms with van der Waals surface area (Å²) in [6.07, 6.45) is -2.01. The highest BCUT2D eigenvalue weighted by atomic mass is 19.4. The predicted octanol–water partition coefficient (Wildman–Crippen LogP) is 3.42. The van der Waals surface area contributed by atoms with Crippen LogP contribution in [0.3, 0.4) is 0 Å². The van der Waals surface area contributed by atoms with E-state index in [9.17, 15) is 17.6 Å². The van der Waals surface area contributed by atoms with Crippen molar-refractivity contribution in [1.29, 1.82) is 0 Å². The molecule has 2 nitrogen and oxygen atoms in total. The van der Waals surface area contributed by atoms with Crippen molar-refractivity contribution in [2.24, 2.45) is 5.41 Å². The minimum Gasteiger partial charge on any atom is -0.396 e. The molecule has 0 saturated heterocycles. The van der Waals surface area contributed by atoms with Gasteiger partial charge in [-0.1, -0.05) is 0 Å².